The van der Waals surface area contributed by atoms with Gasteiger partial charge in [-0.05, 0) is 36.6 Å². The van der Waals surface area contributed by atoms with Gasteiger partial charge in [-0.1, -0.05) is 36.4 Å². The van der Waals surface area contributed by atoms with Crippen molar-refractivity contribution in [3.8, 4) is 5.75 Å². The minimum atomic E-state index is 0.0919. The van der Waals surface area contributed by atoms with E-state index in [0.717, 1.165) is 26.1 Å². The lowest BCUT2D eigenvalue weighted by molar-refractivity contribution is 0.0927. The van der Waals surface area contributed by atoms with Crippen molar-refractivity contribution >= 4 is 11.6 Å². The number of carbonyl (C=O) groups is 2. The van der Waals surface area contributed by atoms with Crippen LogP contribution in [0.3, 0.4) is 0 Å². The van der Waals surface area contributed by atoms with Crippen LogP contribution in [0, 0.1) is 0 Å². The van der Waals surface area contributed by atoms with Gasteiger partial charge in [-0.2, -0.15) is 0 Å². The topological polar surface area (TPSA) is 46.6 Å². The van der Waals surface area contributed by atoms with Crippen LogP contribution in [0.15, 0.2) is 48.5 Å². The van der Waals surface area contributed by atoms with Crippen LogP contribution in [0.2, 0.25) is 0 Å². The first-order valence-corrected chi connectivity index (χ1v) is 9.31. The third-order valence-corrected chi connectivity index (χ3v) is 5.39. The molecule has 1 atom stereocenters. The zero-order valence-corrected chi connectivity index (χ0v) is 14.8. The summed E-state index contributed by atoms with van der Waals surface area (Å²) in [6, 6.07) is 15.8. The molecule has 0 spiro atoms. The van der Waals surface area contributed by atoms with Gasteiger partial charge in [-0.3, -0.25) is 9.59 Å². The molecule has 2 aliphatic heterocycles. The van der Waals surface area contributed by atoms with Crippen LogP contribution in [0.4, 0.5) is 0 Å². The number of likely N-dealkylation sites (tertiary alicyclic amines) is 1. The number of fused-ring (bicyclic) bond motifs is 1. The predicted molar refractivity (Wildman–Crippen MR) is 100 cm³/mol. The van der Waals surface area contributed by atoms with Crippen molar-refractivity contribution in [2.24, 2.45) is 0 Å². The predicted octanol–water partition coefficient (Wildman–Crippen LogP) is 3.71. The van der Waals surface area contributed by atoms with Gasteiger partial charge in [0.1, 0.15) is 5.75 Å². The summed E-state index contributed by atoms with van der Waals surface area (Å²) >= 11 is 0. The van der Waals surface area contributed by atoms with Crippen molar-refractivity contribution in [1.29, 1.82) is 0 Å². The largest absolute Gasteiger partial charge is 0.492 e. The van der Waals surface area contributed by atoms with Crippen LogP contribution in [-0.4, -0.2) is 42.7 Å². The lowest BCUT2D eigenvalue weighted by Crippen LogP contribution is -2.24. The maximum atomic E-state index is 12.6. The molecule has 0 bridgehead atoms. The van der Waals surface area contributed by atoms with E-state index in [1.807, 2.05) is 6.07 Å². The van der Waals surface area contributed by atoms with Crippen LogP contribution in [0.1, 0.15) is 51.5 Å². The van der Waals surface area contributed by atoms with Crippen molar-refractivity contribution in [3.63, 3.8) is 0 Å². The molecule has 0 radical (unpaired) electrons. The first-order valence-electron chi connectivity index (χ1n) is 9.31. The monoisotopic (exact) mass is 349 g/mol. The van der Waals surface area contributed by atoms with Gasteiger partial charge in [0.05, 0.1) is 12.2 Å². The Morgan fingerprint density at radius 1 is 1.15 bits per heavy atom. The molecule has 4 heteroatoms. The van der Waals surface area contributed by atoms with Crippen molar-refractivity contribution < 1.29 is 14.3 Å². The summed E-state index contributed by atoms with van der Waals surface area (Å²) in [6.45, 7) is 3.23. The molecule has 0 aliphatic carbocycles. The van der Waals surface area contributed by atoms with E-state index in [4.69, 9.17) is 4.74 Å². The summed E-state index contributed by atoms with van der Waals surface area (Å²) in [4.78, 5) is 26.8. The van der Waals surface area contributed by atoms with E-state index in [9.17, 15) is 9.59 Å². The Hall–Kier alpha value is -2.46. The number of nitrogens with zero attached hydrogens (tertiary/aromatic N) is 1. The van der Waals surface area contributed by atoms with Crippen molar-refractivity contribution in [2.45, 2.75) is 25.2 Å². The van der Waals surface area contributed by atoms with E-state index in [-0.39, 0.29) is 11.6 Å². The molecule has 4 rings (SSSR count). The molecule has 0 saturated carbocycles. The van der Waals surface area contributed by atoms with Crippen molar-refractivity contribution in [1.82, 2.24) is 4.90 Å². The highest BCUT2D eigenvalue weighted by Crippen LogP contribution is 2.28. The summed E-state index contributed by atoms with van der Waals surface area (Å²) in [5, 5.41) is 0. The zero-order chi connectivity index (χ0) is 17.9. The molecule has 134 valence electrons. The van der Waals surface area contributed by atoms with Gasteiger partial charge in [0.2, 0.25) is 0 Å². The summed E-state index contributed by atoms with van der Waals surface area (Å²) in [7, 11) is 0. The van der Waals surface area contributed by atoms with E-state index >= 15 is 0 Å². The zero-order valence-electron chi connectivity index (χ0n) is 14.8. The Morgan fingerprint density at radius 2 is 2.00 bits per heavy atom. The fourth-order valence-corrected chi connectivity index (χ4v) is 3.87. The molecule has 1 saturated heterocycles. The van der Waals surface area contributed by atoms with Crippen LogP contribution >= 0.6 is 0 Å². The first-order chi connectivity index (χ1) is 12.7. The summed E-state index contributed by atoms with van der Waals surface area (Å²) < 4.78 is 5.54. The number of ether oxygens (including phenoxy) is 1. The minimum absolute atomic E-state index is 0.0919. The number of hydrogen-bond acceptors (Lipinski definition) is 4. The minimum Gasteiger partial charge on any atom is -0.492 e. The highest BCUT2D eigenvalue weighted by Gasteiger charge is 2.24. The third kappa shape index (κ3) is 3.56. The number of Topliss-reactive ketones (excluding diaryl/α,β-unsaturated/α-hetero) is 2. The molecule has 26 heavy (non-hydrogen) atoms. The molecule has 0 amide bonds. The van der Waals surface area contributed by atoms with E-state index in [0.29, 0.717) is 42.2 Å². The summed E-state index contributed by atoms with van der Waals surface area (Å²) in [5.74, 6) is 1.32. The Kier molecular flexibility index (Phi) is 4.85. The second-order valence-corrected chi connectivity index (χ2v) is 7.10. The third-order valence-electron chi connectivity index (χ3n) is 5.39. The molecule has 1 unspecified atom stereocenters. The van der Waals surface area contributed by atoms with Crippen LogP contribution in [0.25, 0.3) is 0 Å². The highest BCUT2D eigenvalue weighted by atomic mass is 16.5. The molecule has 0 N–H and O–H groups in total. The van der Waals surface area contributed by atoms with E-state index in [1.54, 1.807) is 18.2 Å². The Bertz CT molecular complexity index is 815. The molecule has 0 aromatic heterocycles. The van der Waals surface area contributed by atoms with Crippen molar-refractivity contribution in [2.75, 3.05) is 26.2 Å². The average molecular weight is 349 g/mol. The lowest BCUT2D eigenvalue weighted by Gasteiger charge is -2.18. The van der Waals surface area contributed by atoms with Crippen LogP contribution in [-0.2, 0) is 0 Å². The Morgan fingerprint density at radius 3 is 2.85 bits per heavy atom. The fourth-order valence-electron chi connectivity index (χ4n) is 3.87. The maximum Gasteiger partial charge on any atom is 0.169 e. The summed E-state index contributed by atoms with van der Waals surface area (Å²) in [6.07, 6.45) is 2.05. The Labute approximate surface area is 153 Å². The molecule has 2 heterocycles. The molecular weight excluding hydrogens is 326 g/mol. The first kappa shape index (κ1) is 17.0. The Balaban J connectivity index is 1.34. The SMILES string of the molecule is O=C(CCN1CCC(c2ccccc2)C1)c1ccc2c(c1)OCCC2=O. The van der Waals surface area contributed by atoms with E-state index < -0.39 is 0 Å². The second kappa shape index (κ2) is 7.42. The molecule has 4 nitrogen and oxygen atoms in total. The van der Waals surface area contributed by atoms with Gasteiger partial charge in [0.15, 0.2) is 11.6 Å². The van der Waals surface area contributed by atoms with Crippen LogP contribution in [0.5, 0.6) is 5.75 Å². The highest BCUT2D eigenvalue weighted by molar-refractivity contribution is 6.02. The standard InChI is InChI=1S/C22H23NO3/c24-20(17-6-7-19-21(25)10-13-26-22(19)14-17)9-12-23-11-8-18(15-23)16-4-2-1-3-5-16/h1-7,14,18H,8-13,15H2. The van der Waals surface area contributed by atoms with Crippen molar-refractivity contribution in [3.05, 3.63) is 65.2 Å². The average Bonchev–Trinajstić information content (AvgIpc) is 3.16. The smallest absolute Gasteiger partial charge is 0.169 e. The summed E-state index contributed by atoms with van der Waals surface area (Å²) in [5.41, 5.74) is 2.62. The van der Waals surface area contributed by atoms with Gasteiger partial charge in [-0.25, -0.2) is 0 Å². The van der Waals surface area contributed by atoms with Gasteiger partial charge in [-0.15, -0.1) is 0 Å². The number of hydrogen-bond donors (Lipinski definition) is 0. The number of carbonyl (C=O) groups excluding carboxylic acids is 2. The quantitative estimate of drug-likeness (QED) is 0.772. The number of ketones is 2. The maximum absolute atomic E-state index is 12.6. The van der Waals surface area contributed by atoms with Crippen LogP contribution < -0.4 is 4.74 Å². The number of benzene rings is 2. The van der Waals surface area contributed by atoms with Gasteiger partial charge < -0.3 is 9.64 Å². The molecular formula is C22H23NO3. The lowest BCUT2D eigenvalue weighted by atomic mass is 9.99. The molecule has 2 aliphatic rings. The molecule has 2 aromatic carbocycles. The van der Waals surface area contributed by atoms with Gasteiger partial charge >= 0.3 is 0 Å². The fraction of sp³-hybridized carbons (Fsp3) is 0.364. The van der Waals surface area contributed by atoms with E-state index in [2.05, 4.69) is 29.2 Å². The second-order valence-electron chi connectivity index (χ2n) is 7.10. The van der Waals surface area contributed by atoms with Gasteiger partial charge in [0, 0.05) is 31.5 Å². The molecule has 2 aromatic rings. The normalized spacial score (nSPS) is 19.8. The van der Waals surface area contributed by atoms with E-state index in [1.165, 1.54) is 5.56 Å². The number of rotatable bonds is 5. The van der Waals surface area contributed by atoms with Gasteiger partial charge in [0.25, 0.3) is 0 Å². The molecule has 1 fully saturated rings.